The fourth-order valence-corrected chi connectivity index (χ4v) is 3.79. The Kier molecular flexibility index (Phi) is 5.46. The van der Waals surface area contributed by atoms with Crippen molar-refractivity contribution in [2.45, 2.75) is 82.6 Å². The van der Waals surface area contributed by atoms with Crippen molar-refractivity contribution < 1.29 is 9.84 Å². The highest BCUT2D eigenvalue weighted by Crippen LogP contribution is 2.31. The van der Waals surface area contributed by atoms with Gasteiger partial charge in [0, 0.05) is 19.2 Å². The maximum absolute atomic E-state index is 9.67. The summed E-state index contributed by atoms with van der Waals surface area (Å²) in [6.45, 7) is 3.14. The van der Waals surface area contributed by atoms with Crippen LogP contribution in [-0.4, -0.2) is 48.0 Å². The van der Waals surface area contributed by atoms with Gasteiger partial charge in [0.15, 0.2) is 0 Å². The van der Waals surface area contributed by atoms with E-state index in [1.165, 1.54) is 51.5 Å². The monoisotopic (exact) mass is 255 g/mol. The quantitative estimate of drug-likeness (QED) is 0.838. The minimum Gasteiger partial charge on any atom is -0.393 e. The topological polar surface area (TPSA) is 32.7 Å². The molecule has 0 aromatic rings. The van der Waals surface area contributed by atoms with Crippen molar-refractivity contribution in [1.82, 2.24) is 4.90 Å². The Morgan fingerprint density at radius 1 is 1.22 bits per heavy atom. The fraction of sp³-hybridized carbons (Fsp3) is 1.00. The number of hydrogen-bond donors (Lipinski definition) is 1. The van der Waals surface area contributed by atoms with Crippen LogP contribution in [0.2, 0.25) is 0 Å². The number of aliphatic hydroxyl groups is 1. The molecule has 1 N–H and O–H groups in total. The standard InChI is InChI=1S/C15H29NO2/c1-12(17)10-13-6-3-4-9-16(13)14-7-5-8-15(11-14)18-2/h12-15,17H,3-11H2,1-2H3. The van der Waals surface area contributed by atoms with E-state index >= 15 is 0 Å². The van der Waals surface area contributed by atoms with Crippen molar-refractivity contribution in [3.63, 3.8) is 0 Å². The lowest BCUT2D eigenvalue weighted by molar-refractivity contribution is -0.00624. The first-order valence-corrected chi connectivity index (χ1v) is 7.67. The third-order valence-corrected chi connectivity index (χ3v) is 4.69. The smallest absolute Gasteiger partial charge is 0.0586 e. The predicted molar refractivity (Wildman–Crippen MR) is 73.7 cm³/mol. The lowest BCUT2D eigenvalue weighted by atomic mass is 9.87. The van der Waals surface area contributed by atoms with Crippen LogP contribution in [0.15, 0.2) is 0 Å². The third kappa shape index (κ3) is 3.69. The van der Waals surface area contributed by atoms with Gasteiger partial charge in [-0.2, -0.15) is 0 Å². The third-order valence-electron chi connectivity index (χ3n) is 4.69. The van der Waals surface area contributed by atoms with Crippen molar-refractivity contribution in [2.24, 2.45) is 0 Å². The maximum atomic E-state index is 9.67. The van der Waals surface area contributed by atoms with Crippen LogP contribution in [0.1, 0.15) is 58.3 Å². The summed E-state index contributed by atoms with van der Waals surface area (Å²) in [6.07, 6.45) is 10.2. The molecule has 0 aromatic carbocycles. The van der Waals surface area contributed by atoms with Crippen LogP contribution in [-0.2, 0) is 4.74 Å². The van der Waals surface area contributed by atoms with Crippen LogP contribution < -0.4 is 0 Å². The number of hydrogen-bond acceptors (Lipinski definition) is 3. The van der Waals surface area contributed by atoms with E-state index in [2.05, 4.69) is 4.90 Å². The number of piperidine rings is 1. The highest BCUT2D eigenvalue weighted by Gasteiger charge is 2.32. The molecule has 2 fully saturated rings. The Balaban J connectivity index is 1.94. The number of likely N-dealkylation sites (tertiary alicyclic amines) is 1. The predicted octanol–water partition coefficient (Wildman–Crippen LogP) is 2.57. The molecule has 4 atom stereocenters. The molecule has 106 valence electrons. The summed E-state index contributed by atoms with van der Waals surface area (Å²) in [4.78, 5) is 2.68. The molecule has 0 aromatic heterocycles. The SMILES string of the molecule is COC1CCCC(N2CCCCC2CC(C)O)C1. The van der Waals surface area contributed by atoms with Crippen LogP contribution in [0, 0.1) is 0 Å². The Labute approximate surface area is 112 Å². The van der Waals surface area contributed by atoms with Crippen LogP contribution in [0.25, 0.3) is 0 Å². The van der Waals surface area contributed by atoms with Gasteiger partial charge in [0.25, 0.3) is 0 Å². The molecule has 1 aliphatic heterocycles. The lowest BCUT2D eigenvalue weighted by Crippen LogP contribution is -2.49. The molecule has 1 heterocycles. The normalized spacial score (nSPS) is 36.5. The van der Waals surface area contributed by atoms with Crippen molar-refractivity contribution in [3.8, 4) is 0 Å². The molecule has 0 amide bonds. The minimum atomic E-state index is -0.169. The minimum absolute atomic E-state index is 0.169. The molecule has 3 nitrogen and oxygen atoms in total. The first-order valence-electron chi connectivity index (χ1n) is 7.67. The Morgan fingerprint density at radius 3 is 2.78 bits per heavy atom. The molecule has 4 unspecified atom stereocenters. The van der Waals surface area contributed by atoms with E-state index in [1.54, 1.807) is 0 Å². The maximum Gasteiger partial charge on any atom is 0.0586 e. The second-order valence-electron chi connectivity index (χ2n) is 6.15. The first-order chi connectivity index (χ1) is 8.70. The van der Waals surface area contributed by atoms with Crippen LogP contribution in [0.5, 0.6) is 0 Å². The summed E-state index contributed by atoms with van der Waals surface area (Å²) >= 11 is 0. The molecule has 2 rings (SSSR count). The van der Waals surface area contributed by atoms with E-state index in [0.717, 1.165) is 6.42 Å². The van der Waals surface area contributed by atoms with Gasteiger partial charge < -0.3 is 9.84 Å². The number of methoxy groups -OCH3 is 1. The fourth-order valence-electron chi connectivity index (χ4n) is 3.79. The zero-order valence-electron chi connectivity index (χ0n) is 12.0. The molecule has 0 bridgehead atoms. The summed E-state index contributed by atoms with van der Waals surface area (Å²) in [5.41, 5.74) is 0. The van der Waals surface area contributed by atoms with Crippen molar-refractivity contribution in [3.05, 3.63) is 0 Å². The number of rotatable bonds is 4. The second kappa shape index (κ2) is 6.88. The molecule has 1 saturated heterocycles. The molecule has 0 radical (unpaired) electrons. The number of nitrogens with zero attached hydrogens (tertiary/aromatic N) is 1. The first kappa shape index (κ1) is 14.3. The highest BCUT2D eigenvalue weighted by molar-refractivity contribution is 4.87. The summed E-state index contributed by atoms with van der Waals surface area (Å²) < 4.78 is 5.55. The molecular weight excluding hydrogens is 226 g/mol. The Morgan fingerprint density at radius 2 is 2.06 bits per heavy atom. The average molecular weight is 255 g/mol. The Hall–Kier alpha value is -0.120. The van der Waals surface area contributed by atoms with E-state index in [4.69, 9.17) is 4.74 Å². The van der Waals surface area contributed by atoms with Gasteiger partial charge in [-0.1, -0.05) is 6.42 Å². The molecule has 0 spiro atoms. The van der Waals surface area contributed by atoms with Gasteiger partial charge in [-0.25, -0.2) is 0 Å². The summed E-state index contributed by atoms with van der Waals surface area (Å²) in [5.74, 6) is 0. The average Bonchev–Trinajstić information content (AvgIpc) is 2.39. The molecule has 18 heavy (non-hydrogen) atoms. The van der Waals surface area contributed by atoms with E-state index in [9.17, 15) is 5.11 Å². The molecule has 1 aliphatic carbocycles. The van der Waals surface area contributed by atoms with Crippen molar-refractivity contribution in [1.29, 1.82) is 0 Å². The van der Waals surface area contributed by atoms with Crippen LogP contribution >= 0.6 is 0 Å². The van der Waals surface area contributed by atoms with E-state index in [-0.39, 0.29) is 6.10 Å². The summed E-state index contributed by atoms with van der Waals surface area (Å²) in [7, 11) is 1.84. The number of ether oxygens (including phenoxy) is 1. The van der Waals surface area contributed by atoms with Crippen LogP contribution in [0.4, 0.5) is 0 Å². The summed E-state index contributed by atoms with van der Waals surface area (Å²) in [6, 6.07) is 1.28. The highest BCUT2D eigenvalue weighted by atomic mass is 16.5. The van der Waals surface area contributed by atoms with Gasteiger partial charge >= 0.3 is 0 Å². The van der Waals surface area contributed by atoms with Gasteiger partial charge in [-0.15, -0.1) is 0 Å². The van der Waals surface area contributed by atoms with Crippen LogP contribution in [0.3, 0.4) is 0 Å². The zero-order chi connectivity index (χ0) is 13.0. The Bertz CT molecular complexity index is 245. The van der Waals surface area contributed by atoms with E-state index in [1.807, 2.05) is 14.0 Å². The molecule has 1 saturated carbocycles. The van der Waals surface area contributed by atoms with Crippen molar-refractivity contribution >= 4 is 0 Å². The molecular formula is C15H29NO2. The van der Waals surface area contributed by atoms with E-state index < -0.39 is 0 Å². The van der Waals surface area contributed by atoms with Gasteiger partial charge in [0.2, 0.25) is 0 Å². The summed E-state index contributed by atoms with van der Waals surface area (Å²) in [5, 5.41) is 9.67. The number of aliphatic hydroxyl groups excluding tert-OH is 1. The molecule has 2 aliphatic rings. The lowest BCUT2D eigenvalue weighted by Gasteiger charge is -2.44. The second-order valence-corrected chi connectivity index (χ2v) is 6.15. The van der Waals surface area contributed by atoms with Gasteiger partial charge in [-0.3, -0.25) is 4.90 Å². The zero-order valence-corrected chi connectivity index (χ0v) is 12.0. The van der Waals surface area contributed by atoms with Gasteiger partial charge in [-0.05, 0) is 58.4 Å². The largest absolute Gasteiger partial charge is 0.393 e. The molecule has 3 heteroatoms. The van der Waals surface area contributed by atoms with Gasteiger partial charge in [0.1, 0.15) is 0 Å². The van der Waals surface area contributed by atoms with E-state index in [0.29, 0.717) is 18.2 Å². The van der Waals surface area contributed by atoms with Crippen molar-refractivity contribution in [2.75, 3.05) is 13.7 Å². The van der Waals surface area contributed by atoms with Gasteiger partial charge in [0.05, 0.1) is 12.2 Å².